The van der Waals surface area contributed by atoms with E-state index in [1.807, 2.05) is 0 Å². The summed E-state index contributed by atoms with van der Waals surface area (Å²) in [6.07, 6.45) is 2.49. The summed E-state index contributed by atoms with van der Waals surface area (Å²) >= 11 is 0. The van der Waals surface area contributed by atoms with Crippen LogP contribution in [0.15, 0.2) is 0 Å². The van der Waals surface area contributed by atoms with Gasteiger partial charge in [0.05, 0.1) is 12.5 Å². The highest BCUT2D eigenvalue weighted by Gasteiger charge is 2.22. The van der Waals surface area contributed by atoms with Crippen molar-refractivity contribution in [3.8, 4) is 0 Å². The molecule has 1 saturated carbocycles. The Bertz CT molecular complexity index is 140. The SMILES string of the molecule is C[C@@H](CC(=O)O)OCC1CC1. The first-order valence-corrected chi connectivity index (χ1v) is 4.02. The van der Waals surface area contributed by atoms with E-state index in [9.17, 15) is 4.79 Å². The molecule has 0 spiro atoms. The minimum atomic E-state index is -0.784. The first-order valence-electron chi connectivity index (χ1n) is 4.02. The minimum absolute atomic E-state index is 0.118. The van der Waals surface area contributed by atoms with Gasteiger partial charge < -0.3 is 9.84 Å². The Kier molecular flexibility index (Phi) is 2.88. The van der Waals surface area contributed by atoms with Gasteiger partial charge in [-0.15, -0.1) is 0 Å². The van der Waals surface area contributed by atoms with Crippen LogP contribution in [0.4, 0.5) is 0 Å². The standard InChI is InChI=1S/C8H14O3/c1-6(4-8(9)10)11-5-7-2-3-7/h6-7H,2-5H2,1H3,(H,9,10)/t6-/m0/s1. The molecular formula is C8H14O3. The van der Waals surface area contributed by atoms with Crippen LogP contribution >= 0.6 is 0 Å². The molecule has 3 heteroatoms. The molecule has 0 bridgehead atoms. The second-order valence-electron chi connectivity index (χ2n) is 3.19. The van der Waals surface area contributed by atoms with Gasteiger partial charge in [0.2, 0.25) is 0 Å². The molecule has 0 heterocycles. The van der Waals surface area contributed by atoms with E-state index in [0.717, 1.165) is 6.61 Å². The van der Waals surface area contributed by atoms with Crippen molar-refractivity contribution in [2.24, 2.45) is 5.92 Å². The Morgan fingerprint density at radius 3 is 2.82 bits per heavy atom. The molecule has 1 aliphatic carbocycles. The summed E-state index contributed by atoms with van der Waals surface area (Å²) in [5, 5.41) is 8.38. The van der Waals surface area contributed by atoms with Crippen LogP contribution in [0.1, 0.15) is 26.2 Å². The Labute approximate surface area is 66.4 Å². The molecule has 1 N–H and O–H groups in total. The molecule has 64 valence electrons. The van der Waals surface area contributed by atoms with Crippen LogP contribution in [-0.4, -0.2) is 23.8 Å². The lowest BCUT2D eigenvalue weighted by Crippen LogP contribution is -2.14. The van der Waals surface area contributed by atoms with Crippen LogP contribution in [0.3, 0.4) is 0 Å². The average Bonchev–Trinajstić information content (AvgIpc) is 2.63. The molecule has 0 radical (unpaired) electrons. The number of hydrogen-bond donors (Lipinski definition) is 1. The molecule has 1 fully saturated rings. The normalized spacial score (nSPS) is 19.7. The van der Waals surface area contributed by atoms with E-state index in [4.69, 9.17) is 9.84 Å². The predicted octanol–water partition coefficient (Wildman–Crippen LogP) is 1.28. The van der Waals surface area contributed by atoms with Crippen LogP contribution in [0.5, 0.6) is 0 Å². The van der Waals surface area contributed by atoms with Gasteiger partial charge in [-0.2, -0.15) is 0 Å². The molecule has 11 heavy (non-hydrogen) atoms. The number of carboxylic acid groups (broad SMARTS) is 1. The van der Waals surface area contributed by atoms with Gasteiger partial charge in [-0.05, 0) is 25.7 Å². The van der Waals surface area contributed by atoms with E-state index in [2.05, 4.69) is 0 Å². The third kappa shape index (κ3) is 3.98. The number of rotatable bonds is 5. The van der Waals surface area contributed by atoms with Gasteiger partial charge in [-0.3, -0.25) is 4.79 Å². The summed E-state index contributed by atoms with van der Waals surface area (Å²) in [7, 11) is 0. The number of ether oxygens (including phenoxy) is 1. The number of carboxylic acids is 1. The first kappa shape index (κ1) is 8.53. The molecule has 0 aliphatic heterocycles. The maximum Gasteiger partial charge on any atom is 0.305 e. The molecule has 0 aromatic heterocycles. The highest BCUT2D eigenvalue weighted by atomic mass is 16.5. The smallest absolute Gasteiger partial charge is 0.305 e. The van der Waals surface area contributed by atoms with Crippen molar-refractivity contribution >= 4 is 5.97 Å². The van der Waals surface area contributed by atoms with E-state index < -0.39 is 5.97 Å². The van der Waals surface area contributed by atoms with Gasteiger partial charge in [0, 0.05) is 6.61 Å². The Balaban J connectivity index is 1.99. The van der Waals surface area contributed by atoms with Crippen molar-refractivity contribution in [1.82, 2.24) is 0 Å². The van der Waals surface area contributed by atoms with Crippen LogP contribution in [0, 0.1) is 5.92 Å². The van der Waals surface area contributed by atoms with Gasteiger partial charge in [0.15, 0.2) is 0 Å². The molecular weight excluding hydrogens is 144 g/mol. The first-order chi connectivity index (χ1) is 5.18. The Morgan fingerprint density at radius 2 is 2.36 bits per heavy atom. The van der Waals surface area contributed by atoms with Gasteiger partial charge in [0.1, 0.15) is 0 Å². The van der Waals surface area contributed by atoms with Crippen LogP contribution < -0.4 is 0 Å². The maximum absolute atomic E-state index is 10.2. The fraction of sp³-hybridized carbons (Fsp3) is 0.875. The lowest BCUT2D eigenvalue weighted by molar-refractivity contribution is -0.139. The third-order valence-corrected chi connectivity index (χ3v) is 1.78. The van der Waals surface area contributed by atoms with Crippen molar-refractivity contribution in [1.29, 1.82) is 0 Å². The van der Waals surface area contributed by atoms with E-state index in [-0.39, 0.29) is 12.5 Å². The van der Waals surface area contributed by atoms with Gasteiger partial charge in [-0.25, -0.2) is 0 Å². The second kappa shape index (κ2) is 3.72. The highest BCUT2D eigenvalue weighted by molar-refractivity contribution is 5.67. The average molecular weight is 158 g/mol. The lowest BCUT2D eigenvalue weighted by Gasteiger charge is -2.09. The highest BCUT2D eigenvalue weighted by Crippen LogP contribution is 2.29. The number of aliphatic carboxylic acids is 1. The fourth-order valence-electron chi connectivity index (χ4n) is 0.890. The van der Waals surface area contributed by atoms with E-state index in [0.29, 0.717) is 5.92 Å². The van der Waals surface area contributed by atoms with E-state index >= 15 is 0 Å². The molecule has 1 atom stereocenters. The molecule has 0 saturated heterocycles. The molecule has 1 rings (SSSR count). The van der Waals surface area contributed by atoms with E-state index in [1.165, 1.54) is 12.8 Å². The monoisotopic (exact) mass is 158 g/mol. The third-order valence-electron chi connectivity index (χ3n) is 1.78. The second-order valence-corrected chi connectivity index (χ2v) is 3.19. The van der Waals surface area contributed by atoms with Crippen LogP contribution in [0.2, 0.25) is 0 Å². The summed E-state index contributed by atoms with van der Waals surface area (Å²) in [4.78, 5) is 10.2. The van der Waals surface area contributed by atoms with Crippen molar-refractivity contribution < 1.29 is 14.6 Å². The van der Waals surface area contributed by atoms with Crippen molar-refractivity contribution in [3.05, 3.63) is 0 Å². The van der Waals surface area contributed by atoms with Gasteiger partial charge in [-0.1, -0.05) is 0 Å². The largest absolute Gasteiger partial charge is 0.481 e. The summed E-state index contributed by atoms with van der Waals surface area (Å²) in [6.45, 7) is 2.55. The molecule has 0 aromatic rings. The lowest BCUT2D eigenvalue weighted by atomic mass is 10.3. The van der Waals surface area contributed by atoms with Crippen LogP contribution in [-0.2, 0) is 9.53 Å². The van der Waals surface area contributed by atoms with E-state index in [1.54, 1.807) is 6.92 Å². The zero-order valence-electron chi connectivity index (χ0n) is 6.75. The van der Waals surface area contributed by atoms with Gasteiger partial charge in [0.25, 0.3) is 0 Å². The van der Waals surface area contributed by atoms with Gasteiger partial charge >= 0.3 is 5.97 Å². The molecule has 3 nitrogen and oxygen atoms in total. The summed E-state index contributed by atoms with van der Waals surface area (Å²) in [5.74, 6) is -0.0699. The number of carbonyl (C=O) groups is 1. The summed E-state index contributed by atoms with van der Waals surface area (Å²) in [5.41, 5.74) is 0. The Hall–Kier alpha value is -0.570. The Morgan fingerprint density at radius 1 is 1.73 bits per heavy atom. The summed E-state index contributed by atoms with van der Waals surface area (Å²) in [6, 6.07) is 0. The molecule has 1 aliphatic rings. The fourth-order valence-corrected chi connectivity index (χ4v) is 0.890. The quantitative estimate of drug-likeness (QED) is 0.655. The minimum Gasteiger partial charge on any atom is -0.481 e. The van der Waals surface area contributed by atoms with Crippen molar-refractivity contribution in [2.45, 2.75) is 32.3 Å². The molecule has 0 amide bonds. The topological polar surface area (TPSA) is 46.5 Å². The van der Waals surface area contributed by atoms with Crippen LogP contribution in [0.25, 0.3) is 0 Å². The summed E-state index contributed by atoms with van der Waals surface area (Å²) < 4.78 is 5.30. The molecule has 0 unspecified atom stereocenters. The maximum atomic E-state index is 10.2. The molecule has 0 aromatic carbocycles. The predicted molar refractivity (Wildman–Crippen MR) is 40.4 cm³/mol. The number of hydrogen-bond acceptors (Lipinski definition) is 2. The zero-order chi connectivity index (χ0) is 8.27. The van der Waals surface area contributed by atoms with Crippen molar-refractivity contribution in [3.63, 3.8) is 0 Å². The van der Waals surface area contributed by atoms with Crippen molar-refractivity contribution in [2.75, 3.05) is 6.61 Å². The zero-order valence-corrected chi connectivity index (χ0v) is 6.75.